The highest BCUT2D eigenvalue weighted by atomic mass is 16.2. The van der Waals surface area contributed by atoms with Crippen LogP contribution < -0.4 is 10.9 Å². The van der Waals surface area contributed by atoms with Gasteiger partial charge in [0.05, 0.1) is 11.1 Å². The van der Waals surface area contributed by atoms with E-state index in [2.05, 4.69) is 24.1 Å². The number of carbonyl (C=O) groups is 1. The van der Waals surface area contributed by atoms with Crippen molar-refractivity contribution in [2.24, 2.45) is 0 Å². The molecule has 2 heterocycles. The Morgan fingerprint density at radius 2 is 1.73 bits per heavy atom. The third-order valence-corrected chi connectivity index (χ3v) is 5.20. The zero-order chi connectivity index (χ0) is 21.1. The van der Waals surface area contributed by atoms with Crippen LogP contribution in [0.2, 0.25) is 0 Å². The van der Waals surface area contributed by atoms with E-state index in [0.717, 1.165) is 24.1 Å². The van der Waals surface area contributed by atoms with Gasteiger partial charge in [0.1, 0.15) is 6.54 Å². The number of aryl methyl sites for hydroxylation is 2. The minimum absolute atomic E-state index is 0.0262. The molecule has 0 saturated heterocycles. The van der Waals surface area contributed by atoms with Crippen molar-refractivity contribution in [3.8, 4) is 5.69 Å². The Kier molecular flexibility index (Phi) is 5.48. The van der Waals surface area contributed by atoms with Gasteiger partial charge in [-0.15, -0.1) is 0 Å². The first kappa shape index (κ1) is 19.6. The quantitative estimate of drug-likeness (QED) is 0.533. The maximum atomic E-state index is 13.1. The van der Waals surface area contributed by atoms with Gasteiger partial charge in [-0.05, 0) is 60.4 Å². The Labute approximate surface area is 174 Å². The van der Waals surface area contributed by atoms with E-state index in [1.165, 1.54) is 10.2 Å². The number of carbonyl (C=O) groups excluding carboxylic acids is 1. The van der Waals surface area contributed by atoms with Gasteiger partial charge >= 0.3 is 0 Å². The third-order valence-electron chi connectivity index (χ3n) is 5.20. The first-order valence-corrected chi connectivity index (χ1v) is 10.2. The zero-order valence-corrected chi connectivity index (χ0v) is 17.1. The van der Waals surface area contributed by atoms with Gasteiger partial charge in [0.25, 0.3) is 5.56 Å². The maximum absolute atomic E-state index is 13.1. The number of benzene rings is 2. The number of pyridine rings is 1. The summed E-state index contributed by atoms with van der Waals surface area (Å²) >= 11 is 0. The molecule has 4 aromatic rings. The van der Waals surface area contributed by atoms with Crippen molar-refractivity contribution >= 4 is 22.6 Å². The van der Waals surface area contributed by atoms with Crippen molar-refractivity contribution in [2.45, 2.75) is 33.2 Å². The summed E-state index contributed by atoms with van der Waals surface area (Å²) in [4.78, 5) is 30.3. The highest BCUT2D eigenvalue weighted by Gasteiger charge is 2.18. The third kappa shape index (κ3) is 3.76. The standard InChI is InChI=1S/C24H24N4O2/c1-3-17-10-12-20(13-11-17)28-24(30)21-9-6-14-25-23(21)27(28)16-22(29)26-19-8-5-7-18(4-2)15-19/h5-15H,3-4,16H2,1-2H3,(H,26,29). The van der Waals surface area contributed by atoms with Crippen LogP contribution in [0.4, 0.5) is 5.69 Å². The molecule has 0 unspecified atom stereocenters. The molecule has 152 valence electrons. The van der Waals surface area contributed by atoms with Crippen LogP contribution in [0, 0.1) is 0 Å². The lowest BCUT2D eigenvalue weighted by Gasteiger charge is -2.13. The first-order chi connectivity index (χ1) is 14.6. The summed E-state index contributed by atoms with van der Waals surface area (Å²) < 4.78 is 3.16. The molecular weight excluding hydrogens is 376 g/mol. The average molecular weight is 400 g/mol. The van der Waals surface area contributed by atoms with Crippen LogP contribution in [0.5, 0.6) is 0 Å². The topological polar surface area (TPSA) is 68.9 Å². The summed E-state index contributed by atoms with van der Waals surface area (Å²) in [5.41, 5.74) is 4.07. The Bertz CT molecular complexity index is 1250. The van der Waals surface area contributed by atoms with Crippen molar-refractivity contribution in [3.63, 3.8) is 0 Å². The molecule has 1 N–H and O–H groups in total. The second-order valence-corrected chi connectivity index (χ2v) is 7.17. The van der Waals surface area contributed by atoms with Crippen LogP contribution in [-0.4, -0.2) is 20.3 Å². The summed E-state index contributed by atoms with van der Waals surface area (Å²) in [7, 11) is 0. The number of hydrogen-bond acceptors (Lipinski definition) is 3. The summed E-state index contributed by atoms with van der Waals surface area (Å²) in [5, 5.41) is 3.42. The molecule has 0 aliphatic rings. The van der Waals surface area contributed by atoms with Gasteiger partial charge in [-0.1, -0.05) is 38.1 Å². The summed E-state index contributed by atoms with van der Waals surface area (Å²) in [6.07, 6.45) is 3.44. The molecule has 2 aromatic heterocycles. The normalized spacial score (nSPS) is 11.0. The fraction of sp³-hybridized carbons (Fsp3) is 0.208. The maximum Gasteiger partial charge on any atom is 0.280 e. The van der Waals surface area contributed by atoms with Gasteiger partial charge in [-0.3, -0.25) is 14.3 Å². The van der Waals surface area contributed by atoms with Crippen molar-refractivity contribution in [3.05, 3.63) is 88.3 Å². The van der Waals surface area contributed by atoms with Crippen LogP contribution in [0.25, 0.3) is 16.7 Å². The molecule has 0 bridgehead atoms. The Morgan fingerprint density at radius 3 is 2.47 bits per heavy atom. The second-order valence-electron chi connectivity index (χ2n) is 7.17. The largest absolute Gasteiger partial charge is 0.324 e. The van der Waals surface area contributed by atoms with Gasteiger partial charge in [-0.25, -0.2) is 9.67 Å². The van der Waals surface area contributed by atoms with E-state index >= 15 is 0 Å². The van der Waals surface area contributed by atoms with Gasteiger partial charge in [0, 0.05) is 11.9 Å². The molecule has 0 radical (unpaired) electrons. The highest BCUT2D eigenvalue weighted by molar-refractivity contribution is 5.91. The Morgan fingerprint density at radius 1 is 0.967 bits per heavy atom. The summed E-state index contributed by atoms with van der Waals surface area (Å²) in [6.45, 7) is 4.13. The summed E-state index contributed by atoms with van der Waals surface area (Å²) in [5.74, 6) is -0.218. The van der Waals surface area contributed by atoms with Crippen LogP contribution >= 0.6 is 0 Å². The van der Waals surface area contributed by atoms with Crippen LogP contribution in [0.3, 0.4) is 0 Å². The molecule has 0 aliphatic heterocycles. The fourth-order valence-corrected chi connectivity index (χ4v) is 3.57. The van der Waals surface area contributed by atoms with Crippen molar-refractivity contribution < 1.29 is 4.79 Å². The van der Waals surface area contributed by atoms with Gasteiger partial charge in [0.2, 0.25) is 5.91 Å². The van der Waals surface area contributed by atoms with Crippen LogP contribution in [0.1, 0.15) is 25.0 Å². The number of amides is 1. The van der Waals surface area contributed by atoms with E-state index in [4.69, 9.17) is 0 Å². The van der Waals surface area contributed by atoms with E-state index in [1.807, 2.05) is 48.5 Å². The lowest BCUT2D eigenvalue weighted by molar-refractivity contribution is -0.116. The summed E-state index contributed by atoms with van der Waals surface area (Å²) in [6, 6.07) is 19.0. The molecule has 4 rings (SSSR count). The molecule has 2 aromatic carbocycles. The molecule has 6 heteroatoms. The minimum atomic E-state index is -0.218. The number of fused-ring (bicyclic) bond motifs is 1. The number of nitrogens with one attached hydrogen (secondary N) is 1. The predicted molar refractivity (Wildman–Crippen MR) is 119 cm³/mol. The van der Waals surface area contributed by atoms with Crippen molar-refractivity contribution in [1.82, 2.24) is 14.3 Å². The molecule has 0 saturated carbocycles. The van der Waals surface area contributed by atoms with E-state index in [9.17, 15) is 9.59 Å². The van der Waals surface area contributed by atoms with Crippen LogP contribution in [-0.2, 0) is 24.2 Å². The highest BCUT2D eigenvalue weighted by Crippen LogP contribution is 2.16. The molecular formula is C24H24N4O2. The van der Waals surface area contributed by atoms with E-state index in [0.29, 0.717) is 16.7 Å². The van der Waals surface area contributed by atoms with E-state index in [-0.39, 0.29) is 18.0 Å². The van der Waals surface area contributed by atoms with Gasteiger partial charge in [-0.2, -0.15) is 0 Å². The Hall–Kier alpha value is -3.67. The predicted octanol–water partition coefficient (Wildman–Crippen LogP) is 3.95. The smallest absolute Gasteiger partial charge is 0.280 e. The molecule has 30 heavy (non-hydrogen) atoms. The molecule has 0 fully saturated rings. The average Bonchev–Trinajstić information content (AvgIpc) is 3.05. The van der Waals surface area contributed by atoms with Crippen molar-refractivity contribution in [2.75, 3.05) is 5.32 Å². The van der Waals surface area contributed by atoms with Crippen LogP contribution in [0.15, 0.2) is 71.7 Å². The van der Waals surface area contributed by atoms with Gasteiger partial charge in [0.15, 0.2) is 5.65 Å². The van der Waals surface area contributed by atoms with E-state index < -0.39 is 0 Å². The molecule has 6 nitrogen and oxygen atoms in total. The number of aromatic nitrogens is 3. The number of anilines is 1. The SMILES string of the molecule is CCc1ccc(-n2c(=O)c3cccnc3n2CC(=O)Nc2cccc(CC)c2)cc1. The number of hydrogen-bond donors (Lipinski definition) is 1. The lowest BCUT2D eigenvalue weighted by atomic mass is 10.1. The number of rotatable bonds is 6. The number of nitrogens with zero attached hydrogens (tertiary/aromatic N) is 3. The lowest BCUT2D eigenvalue weighted by Crippen LogP contribution is -2.27. The molecule has 0 spiro atoms. The molecule has 1 amide bonds. The van der Waals surface area contributed by atoms with Gasteiger partial charge < -0.3 is 5.32 Å². The molecule has 0 aliphatic carbocycles. The fourth-order valence-electron chi connectivity index (χ4n) is 3.57. The minimum Gasteiger partial charge on any atom is -0.324 e. The van der Waals surface area contributed by atoms with E-state index in [1.54, 1.807) is 23.0 Å². The zero-order valence-electron chi connectivity index (χ0n) is 17.1. The Balaban J connectivity index is 1.73. The second kappa shape index (κ2) is 8.37. The first-order valence-electron chi connectivity index (χ1n) is 10.2. The monoisotopic (exact) mass is 400 g/mol. The van der Waals surface area contributed by atoms with Crippen molar-refractivity contribution in [1.29, 1.82) is 0 Å². The molecule has 0 atom stereocenters.